The molecule has 0 radical (unpaired) electrons. The fraction of sp³-hybridized carbons (Fsp3) is 0.462. The molecular formula is C26H30ClN3O3. The molecule has 2 amide bonds. The van der Waals surface area contributed by atoms with Crippen molar-refractivity contribution < 1.29 is 14.3 Å². The molecule has 6 nitrogen and oxygen atoms in total. The molecule has 1 aliphatic heterocycles. The maximum absolute atomic E-state index is 13.1. The number of carbonyl (C=O) groups excluding carboxylic acids is 2. The number of amides is 2. The first-order valence-corrected chi connectivity index (χ1v) is 12.2. The van der Waals surface area contributed by atoms with E-state index >= 15 is 0 Å². The number of rotatable bonds is 6. The van der Waals surface area contributed by atoms with E-state index in [0.717, 1.165) is 51.6 Å². The molecule has 0 bridgehead atoms. The summed E-state index contributed by atoms with van der Waals surface area (Å²) < 4.78 is 5.45. The van der Waals surface area contributed by atoms with Crippen molar-refractivity contribution in [2.24, 2.45) is 5.92 Å². The molecular weight excluding hydrogens is 438 g/mol. The fourth-order valence-electron chi connectivity index (χ4n) is 5.07. The maximum atomic E-state index is 13.1. The van der Waals surface area contributed by atoms with Crippen LogP contribution in [-0.2, 0) is 17.6 Å². The Morgan fingerprint density at radius 3 is 2.64 bits per heavy atom. The predicted molar refractivity (Wildman–Crippen MR) is 129 cm³/mol. The average Bonchev–Trinajstić information content (AvgIpc) is 3.59. The Bertz CT molecular complexity index is 1070. The molecule has 2 aliphatic carbocycles. The molecule has 1 unspecified atom stereocenters. The summed E-state index contributed by atoms with van der Waals surface area (Å²) in [5.74, 6) is 0.238. The van der Waals surface area contributed by atoms with Crippen LogP contribution in [0.25, 0.3) is 0 Å². The topological polar surface area (TPSA) is 70.7 Å². The Morgan fingerprint density at radius 1 is 1.09 bits per heavy atom. The minimum Gasteiger partial charge on any atom is -0.496 e. The number of anilines is 1. The van der Waals surface area contributed by atoms with Crippen LogP contribution in [0.4, 0.5) is 5.69 Å². The van der Waals surface area contributed by atoms with Gasteiger partial charge in [-0.3, -0.25) is 14.5 Å². The summed E-state index contributed by atoms with van der Waals surface area (Å²) in [4.78, 5) is 27.7. The van der Waals surface area contributed by atoms with E-state index in [0.29, 0.717) is 28.1 Å². The van der Waals surface area contributed by atoms with Gasteiger partial charge in [0.25, 0.3) is 5.91 Å². The van der Waals surface area contributed by atoms with Crippen molar-refractivity contribution in [1.82, 2.24) is 10.2 Å². The number of fused-ring (bicyclic) bond motifs is 1. The predicted octanol–water partition coefficient (Wildman–Crippen LogP) is 4.06. The number of nitrogens with zero attached hydrogens (tertiary/aromatic N) is 1. The van der Waals surface area contributed by atoms with Crippen molar-refractivity contribution in [3.05, 3.63) is 58.1 Å². The molecule has 2 atom stereocenters. The number of halogens is 1. The number of methoxy groups -OCH3 is 1. The second kappa shape index (κ2) is 9.35. The lowest BCUT2D eigenvalue weighted by Gasteiger charge is -2.32. The Hall–Kier alpha value is -2.57. The molecule has 2 aromatic rings. The van der Waals surface area contributed by atoms with Crippen LogP contribution in [0.2, 0.25) is 5.02 Å². The van der Waals surface area contributed by atoms with Crippen LogP contribution < -0.4 is 15.4 Å². The van der Waals surface area contributed by atoms with Gasteiger partial charge in [0, 0.05) is 37.2 Å². The summed E-state index contributed by atoms with van der Waals surface area (Å²) in [6.45, 7) is 1.84. The van der Waals surface area contributed by atoms with Gasteiger partial charge >= 0.3 is 0 Å². The highest BCUT2D eigenvalue weighted by Gasteiger charge is 2.32. The van der Waals surface area contributed by atoms with E-state index in [2.05, 4.69) is 39.8 Å². The second-order valence-electron chi connectivity index (χ2n) is 9.42. The summed E-state index contributed by atoms with van der Waals surface area (Å²) >= 11 is 6.40. The van der Waals surface area contributed by atoms with Crippen molar-refractivity contribution in [3.8, 4) is 5.75 Å². The summed E-state index contributed by atoms with van der Waals surface area (Å²) in [7, 11) is 1.52. The van der Waals surface area contributed by atoms with Crippen molar-refractivity contribution in [3.63, 3.8) is 0 Å². The number of ether oxygens (including phenoxy) is 1. The average molecular weight is 468 g/mol. The number of likely N-dealkylation sites (tertiary alicyclic amines) is 1. The fourth-order valence-corrected chi connectivity index (χ4v) is 5.28. The first kappa shape index (κ1) is 22.2. The molecule has 3 aliphatic rings. The van der Waals surface area contributed by atoms with Crippen LogP contribution in [0.3, 0.4) is 0 Å². The standard InChI is InChI=1S/C26H30ClN3O3/c1-33-24-14-23(29-25(31)17-6-7-17)22(27)13-21(24)26(32)28-19-10-11-30(15-19)20-9-8-16-4-2-3-5-18(16)12-20/h2-5,13-14,17,19-20H,6-12,15H2,1H3,(H,28,32)(H,29,31)/t19-,20?/m0/s1. The molecule has 33 heavy (non-hydrogen) atoms. The van der Waals surface area contributed by atoms with E-state index in [9.17, 15) is 9.59 Å². The number of hydrogen-bond donors (Lipinski definition) is 2. The largest absolute Gasteiger partial charge is 0.496 e. The molecule has 5 rings (SSSR count). The number of hydrogen-bond acceptors (Lipinski definition) is 4. The Labute approximate surface area is 199 Å². The number of aryl methyl sites for hydroxylation is 1. The highest BCUT2D eigenvalue weighted by atomic mass is 35.5. The zero-order chi connectivity index (χ0) is 22.9. The first-order chi connectivity index (χ1) is 16.0. The van der Waals surface area contributed by atoms with Gasteiger partial charge in [0.2, 0.25) is 5.91 Å². The van der Waals surface area contributed by atoms with Crippen LogP contribution in [0.1, 0.15) is 47.2 Å². The number of nitrogens with one attached hydrogen (secondary N) is 2. The van der Waals surface area contributed by atoms with Gasteiger partial charge in [0.15, 0.2) is 0 Å². The van der Waals surface area contributed by atoms with Crippen LogP contribution in [0, 0.1) is 5.92 Å². The molecule has 1 saturated heterocycles. The third-order valence-corrected chi connectivity index (χ3v) is 7.44. The molecule has 2 fully saturated rings. The second-order valence-corrected chi connectivity index (χ2v) is 9.82. The van der Waals surface area contributed by atoms with E-state index in [4.69, 9.17) is 16.3 Å². The van der Waals surface area contributed by atoms with Crippen LogP contribution >= 0.6 is 11.6 Å². The van der Waals surface area contributed by atoms with Crippen molar-refractivity contribution in [2.75, 3.05) is 25.5 Å². The van der Waals surface area contributed by atoms with Gasteiger partial charge in [-0.1, -0.05) is 35.9 Å². The lowest BCUT2D eigenvalue weighted by molar-refractivity contribution is -0.117. The molecule has 1 heterocycles. The van der Waals surface area contributed by atoms with Gasteiger partial charge in [-0.15, -0.1) is 0 Å². The number of carbonyl (C=O) groups is 2. The highest BCUT2D eigenvalue weighted by Crippen LogP contribution is 2.35. The molecule has 2 N–H and O–H groups in total. The zero-order valence-electron chi connectivity index (χ0n) is 18.9. The molecule has 174 valence electrons. The Morgan fingerprint density at radius 2 is 1.88 bits per heavy atom. The minimum atomic E-state index is -0.199. The van der Waals surface area contributed by atoms with Crippen LogP contribution in [0.5, 0.6) is 5.75 Å². The Balaban J connectivity index is 1.22. The zero-order valence-corrected chi connectivity index (χ0v) is 19.7. The van der Waals surface area contributed by atoms with E-state index in [1.54, 1.807) is 12.1 Å². The van der Waals surface area contributed by atoms with Gasteiger partial charge < -0.3 is 15.4 Å². The summed E-state index contributed by atoms with van der Waals surface area (Å²) in [5.41, 5.74) is 3.79. The Kier molecular flexibility index (Phi) is 6.30. The van der Waals surface area contributed by atoms with Gasteiger partial charge in [0.05, 0.1) is 23.4 Å². The monoisotopic (exact) mass is 467 g/mol. The van der Waals surface area contributed by atoms with Crippen molar-refractivity contribution >= 4 is 29.1 Å². The molecule has 7 heteroatoms. The van der Waals surface area contributed by atoms with E-state index < -0.39 is 0 Å². The molecule has 0 spiro atoms. The molecule has 2 aromatic carbocycles. The van der Waals surface area contributed by atoms with Gasteiger partial charge in [0.1, 0.15) is 5.75 Å². The first-order valence-electron chi connectivity index (χ1n) is 11.8. The normalized spacial score (nSPS) is 22.5. The van der Waals surface area contributed by atoms with E-state index in [1.807, 2.05) is 0 Å². The number of benzene rings is 2. The van der Waals surface area contributed by atoms with Crippen LogP contribution in [-0.4, -0.2) is 49.0 Å². The highest BCUT2D eigenvalue weighted by molar-refractivity contribution is 6.34. The lowest BCUT2D eigenvalue weighted by atomic mass is 9.88. The SMILES string of the molecule is COc1cc(NC(=O)C2CC2)c(Cl)cc1C(=O)N[C@H]1CCN(C2CCc3ccccc3C2)C1. The third-order valence-electron chi connectivity index (χ3n) is 7.13. The van der Waals surface area contributed by atoms with Gasteiger partial charge in [-0.2, -0.15) is 0 Å². The molecule has 0 aromatic heterocycles. The van der Waals surface area contributed by atoms with E-state index in [-0.39, 0.29) is 23.8 Å². The summed E-state index contributed by atoms with van der Waals surface area (Å²) in [6.07, 6.45) is 6.10. The maximum Gasteiger partial charge on any atom is 0.255 e. The minimum absolute atomic E-state index is 0.0347. The molecule has 1 saturated carbocycles. The van der Waals surface area contributed by atoms with Crippen molar-refractivity contribution in [1.29, 1.82) is 0 Å². The van der Waals surface area contributed by atoms with Crippen LogP contribution in [0.15, 0.2) is 36.4 Å². The third kappa shape index (κ3) is 4.87. The summed E-state index contributed by atoms with van der Waals surface area (Å²) in [5, 5.41) is 6.35. The summed E-state index contributed by atoms with van der Waals surface area (Å²) in [6, 6.07) is 12.6. The van der Waals surface area contributed by atoms with Gasteiger partial charge in [-0.05, 0) is 55.7 Å². The van der Waals surface area contributed by atoms with Crippen molar-refractivity contribution in [2.45, 2.75) is 50.6 Å². The van der Waals surface area contributed by atoms with E-state index in [1.165, 1.54) is 18.2 Å². The lowest BCUT2D eigenvalue weighted by Crippen LogP contribution is -2.41. The smallest absolute Gasteiger partial charge is 0.255 e. The van der Waals surface area contributed by atoms with Gasteiger partial charge in [-0.25, -0.2) is 0 Å². The quantitative estimate of drug-likeness (QED) is 0.672.